The number of aromatic nitrogens is 2. The molecule has 1 atom stereocenters. The van der Waals surface area contributed by atoms with Crippen molar-refractivity contribution in [1.29, 1.82) is 0 Å². The lowest BCUT2D eigenvalue weighted by Gasteiger charge is -2.18. The zero-order valence-corrected chi connectivity index (χ0v) is 22.5. The van der Waals surface area contributed by atoms with Gasteiger partial charge in [-0.2, -0.15) is 0 Å². The minimum atomic E-state index is -0.268. The monoisotopic (exact) mass is 546 g/mol. The Labute approximate surface area is 230 Å². The van der Waals surface area contributed by atoms with Crippen LogP contribution in [0, 0.1) is 0 Å². The SMILES string of the molecule is CN(Cc1ccccc1)C(=O)CSc1nc2cc(C(=O)NC[C@H]3CCCO3)ccc2c(=O)n1Cc1ccco1. The Balaban J connectivity index is 1.38. The van der Waals surface area contributed by atoms with Crippen LogP contribution in [0.15, 0.2) is 81.3 Å². The zero-order valence-electron chi connectivity index (χ0n) is 21.7. The van der Waals surface area contributed by atoms with Gasteiger partial charge in [0.15, 0.2) is 5.16 Å². The Hall–Kier alpha value is -3.89. The van der Waals surface area contributed by atoms with Crippen LogP contribution < -0.4 is 10.9 Å². The Morgan fingerprint density at radius 3 is 2.74 bits per heavy atom. The van der Waals surface area contributed by atoms with E-state index in [1.165, 1.54) is 16.3 Å². The highest BCUT2D eigenvalue weighted by Gasteiger charge is 2.19. The maximum atomic E-state index is 13.5. The molecule has 2 amide bonds. The highest BCUT2D eigenvalue weighted by molar-refractivity contribution is 7.99. The van der Waals surface area contributed by atoms with E-state index in [4.69, 9.17) is 14.1 Å². The maximum Gasteiger partial charge on any atom is 0.262 e. The Morgan fingerprint density at radius 2 is 2.00 bits per heavy atom. The Bertz CT molecular complexity index is 1500. The summed E-state index contributed by atoms with van der Waals surface area (Å²) >= 11 is 1.19. The molecule has 2 aromatic carbocycles. The number of carbonyl (C=O) groups excluding carboxylic acids is 2. The van der Waals surface area contributed by atoms with Crippen molar-refractivity contribution in [2.75, 3.05) is 26.0 Å². The molecule has 4 aromatic rings. The minimum absolute atomic E-state index is 0.0295. The Morgan fingerprint density at radius 1 is 1.15 bits per heavy atom. The molecule has 10 heteroatoms. The normalized spacial score (nSPS) is 14.9. The maximum absolute atomic E-state index is 13.5. The smallest absolute Gasteiger partial charge is 0.262 e. The van der Waals surface area contributed by atoms with E-state index in [0.29, 0.717) is 40.5 Å². The van der Waals surface area contributed by atoms with E-state index in [9.17, 15) is 14.4 Å². The van der Waals surface area contributed by atoms with Gasteiger partial charge in [-0.05, 0) is 48.7 Å². The number of nitrogens with one attached hydrogen (secondary N) is 1. The van der Waals surface area contributed by atoms with Crippen molar-refractivity contribution in [1.82, 2.24) is 19.8 Å². The van der Waals surface area contributed by atoms with Crippen molar-refractivity contribution >= 4 is 34.5 Å². The first-order chi connectivity index (χ1) is 19.0. The number of benzene rings is 2. The molecule has 0 aliphatic carbocycles. The molecule has 202 valence electrons. The summed E-state index contributed by atoms with van der Waals surface area (Å²) in [5, 5.41) is 3.67. The third kappa shape index (κ3) is 6.58. The van der Waals surface area contributed by atoms with E-state index in [1.54, 1.807) is 48.5 Å². The van der Waals surface area contributed by atoms with Crippen molar-refractivity contribution in [2.45, 2.75) is 37.2 Å². The molecule has 1 saturated heterocycles. The summed E-state index contributed by atoms with van der Waals surface area (Å²) in [4.78, 5) is 45.6. The van der Waals surface area contributed by atoms with Crippen LogP contribution in [0.4, 0.5) is 0 Å². The van der Waals surface area contributed by atoms with Crippen LogP contribution in [0.5, 0.6) is 0 Å². The van der Waals surface area contributed by atoms with Crippen molar-refractivity contribution in [3.8, 4) is 0 Å². The van der Waals surface area contributed by atoms with Gasteiger partial charge >= 0.3 is 0 Å². The summed E-state index contributed by atoms with van der Waals surface area (Å²) in [6, 6.07) is 18.2. The molecule has 1 aliphatic heterocycles. The molecule has 0 radical (unpaired) electrons. The summed E-state index contributed by atoms with van der Waals surface area (Å²) in [6.07, 6.45) is 3.50. The molecule has 2 aromatic heterocycles. The van der Waals surface area contributed by atoms with Crippen LogP contribution in [0.2, 0.25) is 0 Å². The second-order valence-electron chi connectivity index (χ2n) is 9.47. The molecule has 1 aliphatic rings. The van der Waals surface area contributed by atoms with Gasteiger partial charge < -0.3 is 19.4 Å². The van der Waals surface area contributed by atoms with Crippen molar-refractivity contribution in [3.63, 3.8) is 0 Å². The van der Waals surface area contributed by atoms with Crippen molar-refractivity contribution in [3.05, 3.63) is 94.2 Å². The lowest BCUT2D eigenvalue weighted by Crippen LogP contribution is -2.32. The largest absolute Gasteiger partial charge is 0.467 e. The van der Waals surface area contributed by atoms with Crippen molar-refractivity contribution < 1.29 is 18.7 Å². The molecule has 39 heavy (non-hydrogen) atoms. The molecule has 1 fully saturated rings. The lowest BCUT2D eigenvalue weighted by atomic mass is 10.1. The third-order valence-electron chi connectivity index (χ3n) is 6.60. The van der Waals surface area contributed by atoms with E-state index < -0.39 is 0 Å². The number of nitrogens with zero attached hydrogens (tertiary/aromatic N) is 3. The third-order valence-corrected chi connectivity index (χ3v) is 7.57. The van der Waals surface area contributed by atoms with Gasteiger partial charge in [0, 0.05) is 32.3 Å². The van der Waals surface area contributed by atoms with Gasteiger partial charge in [0.05, 0.1) is 35.6 Å². The molecule has 0 bridgehead atoms. The van der Waals surface area contributed by atoms with Crippen LogP contribution in [0.3, 0.4) is 0 Å². The summed E-state index contributed by atoms with van der Waals surface area (Å²) in [5.74, 6) is 0.352. The number of carbonyl (C=O) groups is 2. The molecule has 1 N–H and O–H groups in total. The first-order valence-electron chi connectivity index (χ1n) is 12.9. The molecule has 0 saturated carbocycles. The number of hydrogen-bond donors (Lipinski definition) is 1. The fraction of sp³-hybridized carbons (Fsp3) is 0.310. The fourth-order valence-corrected chi connectivity index (χ4v) is 5.38. The molecule has 3 heterocycles. The fourth-order valence-electron chi connectivity index (χ4n) is 4.45. The first-order valence-corrected chi connectivity index (χ1v) is 13.8. The van der Waals surface area contributed by atoms with Crippen molar-refractivity contribution in [2.24, 2.45) is 0 Å². The molecule has 0 spiro atoms. The summed E-state index contributed by atoms with van der Waals surface area (Å²) in [6.45, 7) is 1.81. The first kappa shape index (κ1) is 26.7. The highest BCUT2D eigenvalue weighted by Crippen LogP contribution is 2.21. The van der Waals surface area contributed by atoms with E-state index in [2.05, 4.69) is 5.32 Å². The quantitative estimate of drug-likeness (QED) is 0.239. The van der Waals surface area contributed by atoms with E-state index in [0.717, 1.165) is 25.0 Å². The van der Waals surface area contributed by atoms with Crippen LogP contribution in [0.1, 0.15) is 34.5 Å². The number of ether oxygens (including phenoxy) is 1. The number of amides is 2. The number of furan rings is 1. The van der Waals surface area contributed by atoms with Gasteiger partial charge in [0.1, 0.15) is 5.76 Å². The molecule has 5 rings (SSSR count). The topological polar surface area (TPSA) is 107 Å². The van der Waals surface area contributed by atoms with Crippen LogP contribution in [-0.4, -0.2) is 58.3 Å². The predicted octanol–water partition coefficient (Wildman–Crippen LogP) is 3.70. The number of hydrogen-bond acceptors (Lipinski definition) is 7. The molecule has 9 nitrogen and oxygen atoms in total. The predicted molar refractivity (Wildman–Crippen MR) is 149 cm³/mol. The van der Waals surface area contributed by atoms with Crippen LogP contribution in [0.25, 0.3) is 10.9 Å². The second kappa shape index (κ2) is 12.3. The number of fused-ring (bicyclic) bond motifs is 1. The van der Waals surface area contributed by atoms with Gasteiger partial charge in [0.2, 0.25) is 5.91 Å². The van der Waals surface area contributed by atoms with Crippen LogP contribution in [-0.2, 0) is 22.6 Å². The van der Waals surface area contributed by atoms with Crippen LogP contribution >= 0.6 is 11.8 Å². The second-order valence-corrected chi connectivity index (χ2v) is 10.4. The van der Waals surface area contributed by atoms with Gasteiger partial charge in [-0.3, -0.25) is 19.0 Å². The Kier molecular flexibility index (Phi) is 8.43. The van der Waals surface area contributed by atoms with E-state index >= 15 is 0 Å². The highest BCUT2D eigenvalue weighted by atomic mass is 32.2. The lowest BCUT2D eigenvalue weighted by molar-refractivity contribution is -0.127. The van der Waals surface area contributed by atoms with Gasteiger partial charge in [-0.1, -0.05) is 42.1 Å². The average molecular weight is 547 g/mol. The zero-order chi connectivity index (χ0) is 27.2. The molecule has 0 unspecified atom stereocenters. The standard InChI is InChI=1S/C29H30N4O5S/c1-32(17-20-7-3-2-4-8-20)26(34)19-39-29-31-25-15-21(27(35)30-16-22-9-5-13-37-22)11-12-24(25)28(36)33(29)18-23-10-6-14-38-23/h2-4,6-8,10-12,14-15,22H,5,9,13,16-19H2,1H3,(H,30,35)/t22-/m1/s1. The van der Waals surface area contributed by atoms with Gasteiger partial charge in [-0.15, -0.1) is 0 Å². The van der Waals surface area contributed by atoms with Gasteiger partial charge in [-0.25, -0.2) is 4.98 Å². The number of rotatable bonds is 10. The number of thioether (sulfide) groups is 1. The van der Waals surface area contributed by atoms with E-state index in [-0.39, 0.29) is 35.8 Å². The molecular weight excluding hydrogens is 516 g/mol. The molecular formula is C29H30N4O5S. The summed E-state index contributed by atoms with van der Waals surface area (Å²) in [5.41, 5.74) is 1.57. The summed E-state index contributed by atoms with van der Waals surface area (Å²) < 4.78 is 12.6. The summed E-state index contributed by atoms with van der Waals surface area (Å²) in [7, 11) is 1.75. The minimum Gasteiger partial charge on any atom is -0.467 e. The van der Waals surface area contributed by atoms with E-state index in [1.807, 2.05) is 30.3 Å². The van der Waals surface area contributed by atoms with Gasteiger partial charge in [0.25, 0.3) is 11.5 Å². The average Bonchev–Trinajstić information content (AvgIpc) is 3.67.